The lowest BCUT2D eigenvalue weighted by Crippen LogP contribution is -1.91. The number of nitrogens with zero attached hydrogens (tertiary/aromatic N) is 4. The Labute approximate surface area is 117 Å². The maximum absolute atomic E-state index is 9.90. The molecule has 1 N–H and O–H groups in total. The predicted octanol–water partition coefficient (Wildman–Crippen LogP) is 2.34. The van der Waals surface area contributed by atoms with Gasteiger partial charge in [-0.05, 0) is 34.7 Å². The van der Waals surface area contributed by atoms with E-state index in [1.165, 1.54) is 6.33 Å². The van der Waals surface area contributed by atoms with Crippen LogP contribution in [0.2, 0.25) is 0 Å². The van der Waals surface area contributed by atoms with Gasteiger partial charge < -0.3 is 5.11 Å². The molecule has 0 radical (unpaired) electrons. The zero-order valence-corrected chi connectivity index (χ0v) is 11.7. The fourth-order valence-electron chi connectivity index (χ4n) is 1.84. The summed E-state index contributed by atoms with van der Waals surface area (Å²) in [5.41, 5.74) is 2.81. The summed E-state index contributed by atoms with van der Waals surface area (Å²) in [6.45, 7) is 0. The van der Waals surface area contributed by atoms with E-state index in [1.54, 1.807) is 16.8 Å². The Balaban J connectivity index is 2.37. The lowest BCUT2D eigenvalue weighted by atomic mass is 10.1. The Morgan fingerprint density at radius 2 is 1.94 bits per heavy atom. The molecule has 3 rings (SSSR count). The monoisotopic (exact) mass is 352 g/mol. The summed E-state index contributed by atoms with van der Waals surface area (Å²) in [6, 6.07) is 7.09. The first-order valence-corrected chi connectivity index (χ1v) is 6.38. The third-order valence-corrected chi connectivity index (χ3v) is 3.92. The molecule has 0 fully saturated rings. The van der Waals surface area contributed by atoms with E-state index in [9.17, 15) is 5.11 Å². The summed E-state index contributed by atoms with van der Waals surface area (Å²) in [6.07, 6.45) is 1.49. The van der Waals surface area contributed by atoms with Gasteiger partial charge in [0.25, 0.3) is 0 Å². The molecule has 6 heteroatoms. The van der Waals surface area contributed by atoms with Crippen LogP contribution in [0.1, 0.15) is 0 Å². The van der Waals surface area contributed by atoms with Crippen molar-refractivity contribution in [3.63, 3.8) is 0 Å². The zero-order valence-electron chi connectivity index (χ0n) is 9.50. The minimum atomic E-state index is 0.193. The molecule has 2 aromatic heterocycles. The first-order valence-electron chi connectivity index (χ1n) is 5.30. The van der Waals surface area contributed by atoms with E-state index in [0.29, 0.717) is 16.8 Å². The molecule has 0 aliphatic rings. The van der Waals surface area contributed by atoms with Crippen molar-refractivity contribution >= 4 is 33.6 Å². The molecule has 0 saturated carbocycles. The van der Waals surface area contributed by atoms with Crippen molar-refractivity contribution < 1.29 is 5.11 Å². The number of hydrogen-bond donors (Lipinski definition) is 1. The smallest absolute Gasteiger partial charge is 0.138 e. The molecule has 18 heavy (non-hydrogen) atoms. The van der Waals surface area contributed by atoms with Crippen LogP contribution in [0.5, 0.6) is 5.75 Å². The highest BCUT2D eigenvalue weighted by molar-refractivity contribution is 14.1. The van der Waals surface area contributed by atoms with Crippen LogP contribution in [0.25, 0.3) is 22.3 Å². The summed E-state index contributed by atoms with van der Waals surface area (Å²) in [4.78, 5) is 8.48. The van der Waals surface area contributed by atoms with Crippen LogP contribution in [0.3, 0.4) is 0 Å². The van der Waals surface area contributed by atoms with Gasteiger partial charge >= 0.3 is 0 Å². The molecule has 90 valence electrons. The molecule has 0 spiro atoms. The van der Waals surface area contributed by atoms with Crippen LogP contribution >= 0.6 is 22.6 Å². The Morgan fingerprint density at radius 1 is 1.17 bits per heavy atom. The zero-order chi connectivity index (χ0) is 12.7. The highest BCUT2D eigenvalue weighted by Crippen LogP contribution is 2.32. The van der Waals surface area contributed by atoms with E-state index >= 15 is 0 Å². The number of phenols is 1. The standard InChI is InChI=1S/C12H9IN4O/c1-17-12(13)11-10(16-17)9(14-6-15-11)7-4-2-3-5-8(7)18/h2-6,18H,1H3. The van der Waals surface area contributed by atoms with Crippen LogP contribution in [0.4, 0.5) is 0 Å². The number of benzene rings is 1. The first kappa shape index (κ1) is 11.4. The van der Waals surface area contributed by atoms with Gasteiger partial charge in [-0.1, -0.05) is 12.1 Å². The van der Waals surface area contributed by atoms with Gasteiger partial charge in [-0.2, -0.15) is 5.10 Å². The molecule has 0 saturated heterocycles. The molecule has 0 atom stereocenters. The third kappa shape index (κ3) is 1.64. The number of aromatic hydroxyl groups is 1. The quantitative estimate of drug-likeness (QED) is 0.683. The number of aryl methyl sites for hydroxylation is 1. The van der Waals surface area contributed by atoms with E-state index in [0.717, 1.165) is 9.22 Å². The van der Waals surface area contributed by atoms with Crippen molar-refractivity contribution in [2.45, 2.75) is 0 Å². The topological polar surface area (TPSA) is 63.8 Å². The maximum Gasteiger partial charge on any atom is 0.138 e. The minimum absolute atomic E-state index is 0.193. The van der Waals surface area contributed by atoms with Crippen LogP contribution in [0.15, 0.2) is 30.6 Å². The third-order valence-electron chi connectivity index (χ3n) is 2.71. The van der Waals surface area contributed by atoms with Gasteiger partial charge in [0, 0.05) is 12.6 Å². The lowest BCUT2D eigenvalue weighted by molar-refractivity contribution is 0.477. The number of phenolic OH excluding ortho intramolecular Hbond substituents is 1. The van der Waals surface area contributed by atoms with Crippen molar-refractivity contribution in [2.24, 2.45) is 7.05 Å². The van der Waals surface area contributed by atoms with Crippen LogP contribution in [0, 0.1) is 3.70 Å². The average Bonchev–Trinajstić information content (AvgIpc) is 2.67. The Kier molecular flexibility index (Phi) is 2.66. The average molecular weight is 352 g/mol. The molecule has 0 aliphatic carbocycles. The van der Waals surface area contributed by atoms with Gasteiger partial charge in [-0.15, -0.1) is 0 Å². The fraction of sp³-hybridized carbons (Fsp3) is 0.0833. The second-order valence-electron chi connectivity index (χ2n) is 3.85. The summed E-state index contributed by atoms with van der Waals surface area (Å²) >= 11 is 2.19. The number of rotatable bonds is 1. The summed E-state index contributed by atoms with van der Waals surface area (Å²) < 4.78 is 2.70. The lowest BCUT2D eigenvalue weighted by Gasteiger charge is -2.03. The van der Waals surface area contributed by atoms with Crippen molar-refractivity contribution in [1.82, 2.24) is 19.7 Å². The Morgan fingerprint density at radius 3 is 2.72 bits per heavy atom. The molecule has 2 heterocycles. The van der Waals surface area contributed by atoms with E-state index in [1.807, 2.05) is 19.2 Å². The molecule has 0 bridgehead atoms. The summed E-state index contributed by atoms with van der Waals surface area (Å²) in [5, 5.41) is 14.3. The van der Waals surface area contributed by atoms with Crippen LogP contribution in [-0.2, 0) is 7.05 Å². The highest BCUT2D eigenvalue weighted by atomic mass is 127. The van der Waals surface area contributed by atoms with Gasteiger partial charge in [-0.25, -0.2) is 9.97 Å². The van der Waals surface area contributed by atoms with E-state index < -0.39 is 0 Å². The van der Waals surface area contributed by atoms with E-state index in [-0.39, 0.29) is 5.75 Å². The van der Waals surface area contributed by atoms with Crippen molar-refractivity contribution in [3.05, 3.63) is 34.3 Å². The van der Waals surface area contributed by atoms with E-state index in [4.69, 9.17) is 0 Å². The van der Waals surface area contributed by atoms with Gasteiger partial charge in [-0.3, -0.25) is 4.68 Å². The largest absolute Gasteiger partial charge is 0.507 e. The van der Waals surface area contributed by atoms with Crippen molar-refractivity contribution in [1.29, 1.82) is 0 Å². The second-order valence-corrected chi connectivity index (χ2v) is 4.87. The number of hydrogen-bond acceptors (Lipinski definition) is 4. The Bertz CT molecular complexity index is 738. The van der Waals surface area contributed by atoms with Gasteiger partial charge in [0.05, 0.1) is 0 Å². The van der Waals surface area contributed by atoms with Gasteiger partial charge in [0.15, 0.2) is 0 Å². The molecule has 0 aliphatic heterocycles. The molecular weight excluding hydrogens is 343 g/mol. The van der Waals surface area contributed by atoms with Crippen molar-refractivity contribution in [2.75, 3.05) is 0 Å². The summed E-state index contributed by atoms with van der Waals surface area (Å²) in [5.74, 6) is 0.193. The van der Waals surface area contributed by atoms with Crippen LogP contribution < -0.4 is 0 Å². The normalized spacial score (nSPS) is 11.0. The molecule has 0 amide bonds. The predicted molar refractivity (Wildman–Crippen MR) is 76.1 cm³/mol. The van der Waals surface area contributed by atoms with E-state index in [2.05, 4.69) is 37.7 Å². The fourth-order valence-corrected chi connectivity index (χ4v) is 2.35. The first-order chi connectivity index (χ1) is 8.68. The molecule has 5 nitrogen and oxygen atoms in total. The minimum Gasteiger partial charge on any atom is -0.507 e. The molecule has 1 aromatic carbocycles. The highest BCUT2D eigenvalue weighted by Gasteiger charge is 2.15. The SMILES string of the molecule is Cn1nc2c(-c3ccccc3O)ncnc2c1I. The number of fused-ring (bicyclic) bond motifs is 1. The van der Waals surface area contributed by atoms with Crippen molar-refractivity contribution in [3.8, 4) is 17.0 Å². The van der Waals surface area contributed by atoms with Crippen LogP contribution in [-0.4, -0.2) is 24.9 Å². The molecular formula is C12H9IN4O. The number of aromatic nitrogens is 4. The Hall–Kier alpha value is -1.70. The molecule has 3 aromatic rings. The number of para-hydroxylation sites is 1. The van der Waals surface area contributed by atoms with Gasteiger partial charge in [0.2, 0.25) is 0 Å². The maximum atomic E-state index is 9.90. The molecule has 0 unspecified atom stereocenters. The summed E-state index contributed by atoms with van der Waals surface area (Å²) in [7, 11) is 1.86. The number of halogens is 1. The second kappa shape index (κ2) is 4.20. The van der Waals surface area contributed by atoms with Gasteiger partial charge in [0.1, 0.15) is 32.5 Å².